The van der Waals surface area contributed by atoms with E-state index in [-0.39, 0.29) is 11.9 Å². The van der Waals surface area contributed by atoms with Crippen molar-refractivity contribution in [3.63, 3.8) is 0 Å². The molecule has 0 bridgehead atoms. The van der Waals surface area contributed by atoms with Crippen LogP contribution in [0.2, 0.25) is 0 Å². The van der Waals surface area contributed by atoms with Gasteiger partial charge in [0.1, 0.15) is 0 Å². The molecular formula is C13H17BrN2O. The van der Waals surface area contributed by atoms with Crippen LogP contribution in [0.4, 0.5) is 5.69 Å². The molecule has 0 radical (unpaired) electrons. The number of likely N-dealkylation sites (tertiary alicyclic amines) is 1. The van der Waals surface area contributed by atoms with Crippen molar-refractivity contribution >= 4 is 27.5 Å². The molecule has 3 nitrogen and oxygen atoms in total. The molecule has 92 valence electrons. The van der Waals surface area contributed by atoms with Gasteiger partial charge in [-0.15, -0.1) is 0 Å². The molecule has 1 aliphatic heterocycles. The van der Waals surface area contributed by atoms with Crippen molar-refractivity contribution in [2.75, 3.05) is 18.9 Å². The van der Waals surface area contributed by atoms with Crippen LogP contribution >= 0.6 is 15.9 Å². The van der Waals surface area contributed by atoms with E-state index in [9.17, 15) is 4.79 Å². The summed E-state index contributed by atoms with van der Waals surface area (Å²) in [6.07, 6.45) is 0.941. The lowest BCUT2D eigenvalue weighted by Crippen LogP contribution is -2.37. The van der Waals surface area contributed by atoms with Crippen molar-refractivity contribution in [1.29, 1.82) is 0 Å². The Morgan fingerprint density at radius 3 is 2.88 bits per heavy atom. The summed E-state index contributed by atoms with van der Waals surface area (Å²) in [6, 6.07) is 7.68. The van der Waals surface area contributed by atoms with Crippen LogP contribution in [0, 0.1) is 5.92 Å². The zero-order valence-corrected chi connectivity index (χ0v) is 11.7. The molecule has 1 aliphatic rings. The molecule has 0 aromatic heterocycles. The van der Waals surface area contributed by atoms with E-state index in [1.807, 2.05) is 31.3 Å². The van der Waals surface area contributed by atoms with Crippen molar-refractivity contribution in [3.8, 4) is 0 Å². The monoisotopic (exact) mass is 296 g/mol. The van der Waals surface area contributed by atoms with Crippen molar-refractivity contribution < 1.29 is 4.79 Å². The maximum Gasteiger partial charge on any atom is 0.241 e. The van der Waals surface area contributed by atoms with Gasteiger partial charge in [-0.05, 0) is 37.6 Å². The number of nitrogens with one attached hydrogen (secondary N) is 1. The van der Waals surface area contributed by atoms with Crippen molar-refractivity contribution in [1.82, 2.24) is 4.90 Å². The third-order valence-electron chi connectivity index (χ3n) is 3.15. The molecule has 4 heteroatoms. The lowest BCUT2D eigenvalue weighted by molar-refractivity contribution is -0.119. The van der Waals surface area contributed by atoms with Gasteiger partial charge in [0.05, 0.1) is 6.04 Å². The number of benzene rings is 1. The summed E-state index contributed by atoms with van der Waals surface area (Å²) in [6.45, 7) is 3.18. The first-order valence-corrected chi connectivity index (χ1v) is 6.62. The summed E-state index contributed by atoms with van der Waals surface area (Å²) < 4.78 is 0.975. The second-order valence-electron chi connectivity index (χ2n) is 4.80. The highest BCUT2D eigenvalue weighted by Gasteiger charge is 2.32. The molecule has 1 saturated heterocycles. The zero-order chi connectivity index (χ0) is 12.4. The fourth-order valence-electron chi connectivity index (χ4n) is 2.35. The summed E-state index contributed by atoms with van der Waals surface area (Å²) in [4.78, 5) is 14.2. The van der Waals surface area contributed by atoms with Gasteiger partial charge in [0, 0.05) is 16.7 Å². The molecule has 2 rings (SSSR count). The molecule has 1 unspecified atom stereocenters. The topological polar surface area (TPSA) is 32.3 Å². The number of carbonyl (C=O) groups excluding carboxylic acids is 1. The van der Waals surface area contributed by atoms with Gasteiger partial charge in [-0.1, -0.05) is 28.9 Å². The molecular weight excluding hydrogens is 280 g/mol. The summed E-state index contributed by atoms with van der Waals surface area (Å²) in [5, 5.41) is 2.97. The van der Waals surface area contributed by atoms with Crippen LogP contribution in [0.5, 0.6) is 0 Å². The fraction of sp³-hybridized carbons (Fsp3) is 0.462. The number of hydrogen-bond acceptors (Lipinski definition) is 2. The van der Waals surface area contributed by atoms with Gasteiger partial charge in [-0.25, -0.2) is 0 Å². The Bertz CT molecular complexity index is 422. The van der Waals surface area contributed by atoms with E-state index in [1.165, 1.54) is 0 Å². The molecule has 1 aromatic carbocycles. The number of nitrogens with zero attached hydrogens (tertiary/aromatic N) is 1. The zero-order valence-electron chi connectivity index (χ0n) is 10.1. The smallest absolute Gasteiger partial charge is 0.241 e. The van der Waals surface area contributed by atoms with E-state index < -0.39 is 0 Å². The van der Waals surface area contributed by atoms with Crippen molar-refractivity contribution in [2.45, 2.75) is 19.4 Å². The van der Waals surface area contributed by atoms with Gasteiger partial charge in [0.25, 0.3) is 0 Å². The number of rotatable bonds is 2. The fourth-order valence-corrected chi connectivity index (χ4v) is 2.75. The number of hydrogen-bond donors (Lipinski definition) is 1. The predicted octanol–water partition coefficient (Wildman–Crippen LogP) is 2.73. The van der Waals surface area contributed by atoms with Crippen molar-refractivity contribution in [2.24, 2.45) is 5.92 Å². The minimum atomic E-state index is 0.00369. The summed E-state index contributed by atoms with van der Waals surface area (Å²) in [5.41, 5.74) is 0.845. The summed E-state index contributed by atoms with van der Waals surface area (Å²) in [7, 11) is 2.01. The Morgan fingerprint density at radius 1 is 1.53 bits per heavy atom. The van der Waals surface area contributed by atoms with E-state index in [4.69, 9.17) is 0 Å². The van der Waals surface area contributed by atoms with Gasteiger partial charge in [-0.3, -0.25) is 9.69 Å². The molecule has 1 aromatic rings. The van der Waals surface area contributed by atoms with Crippen LogP contribution < -0.4 is 5.32 Å². The Labute approximate surface area is 110 Å². The molecule has 1 N–H and O–H groups in total. The number of likely N-dealkylation sites (N-methyl/N-ethyl adjacent to an activating group) is 1. The summed E-state index contributed by atoms with van der Waals surface area (Å²) >= 11 is 3.40. The van der Waals surface area contributed by atoms with Crippen LogP contribution in [0.3, 0.4) is 0 Å². The number of carbonyl (C=O) groups is 1. The quantitative estimate of drug-likeness (QED) is 0.910. The number of amides is 1. The summed E-state index contributed by atoms with van der Waals surface area (Å²) in [5.74, 6) is 0.688. The van der Waals surface area contributed by atoms with E-state index in [2.05, 4.69) is 33.1 Å². The Hall–Kier alpha value is -0.870. The Balaban J connectivity index is 2.02. The minimum absolute atomic E-state index is 0.00369. The second kappa shape index (κ2) is 5.19. The molecule has 0 spiro atoms. The number of halogens is 1. The number of anilines is 1. The normalized spacial score (nSPS) is 24.9. The Kier molecular flexibility index (Phi) is 3.84. The van der Waals surface area contributed by atoms with Gasteiger partial charge >= 0.3 is 0 Å². The van der Waals surface area contributed by atoms with Gasteiger partial charge in [0.15, 0.2) is 0 Å². The van der Waals surface area contributed by atoms with Crippen LogP contribution in [-0.2, 0) is 4.79 Å². The van der Waals surface area contributed by atoms with E-state index in [0.717, 1.165) is 23.1 Å². The second-order valence-corrected chi connectivity index (χ2v) is 5.71. The molecule has 0 saturated carbocycles. The van der Waals surface area contributed by atoms with Crippen molar-refractivity contribution in [3.05, 3.63) is 28.7 Å². The Morgan fingerprint density at radius 2 is 2.29 bits per heavy atom. The average molecular weight is 297 g/mol. The van der Waals surface area contributed by atoms with Crippen LogP contribution in [0.1, 0.15) is 13.3 Å². The van der Waals surface area contributed by atoms with E-state index in [1.54, 1.807) is 0 Å². The highest BCUT2D eigenvalue weighted by molar-refractivity contribution is 9.10. The first-order chi connectivity index (χ1) is 8.06. The van der Waals surface area contributed by atoms with Crippen LogP contribution in [-0.4, -0.2) is 30.4 Å². The largest absolute Gasteiger partial charge is 0.325 e. The average Bonchev–Trinajstić information content (AvgIpc) is 2.58. The molecule has 17 heavy (non-hydrogen) atoms. The highest BCUT2D eigenvalue weighted by Crippen LogP contribution is 2.23. The van der Waals surface area contributed by atoms with E-state index in [0.29, 0.717) is 5.92 Å². The van der Waals surface area contributed by atoms with Gasteiger partial charge < -0.3 is 5.32 Å². The molecule has 1 amide bonds. The van der Waals surface area contributed by atoms with E-state index >= 15 is 0 Å². The van der Waals surface area contributed by atoms with Crippen LogP contribution in [0.25, 0.3) is 0 Å². The van der Waals surface area contributed by atoms with Gasteiger partial charge in [0.2, 0.25) is 5.91 Å². The van der Waals surface area contributed by atoms with Crippen LogP contribution in [0.15, 0.2) is 28.7 Å². The lowest BCUT2D eigenvalue weighted by Gasteiger charge is -2.18. The molecule has 0 aliphatic carbocycles. The third-order valence-corrected chi connectivity index (χ3v) is 3.65. The first kappa shape index (κ1) is 12.6. The maximum atomic E-state index is 12.1. The standard InChI is InChI=1S/C13H17BrN2O/c1-9-6-12(16(2)8-9)13(17)15-11-5-3-4-10(14)7-11/h3-5,7,9,12H,6,8H2,1-2H3,(H,15,17)/t9?,12-/m0/s1. The lowest BCUT2D eigenvalue weighted by atomic mass is 10.1. The molecule has 1 fully saturated rings. The molecule has 1 heterocycles. The minimum Gasteiger partial charge on any atom is -0.325 e. The molecule has 2 atom stereocenters. The highest BCUT2D eigenvalue weighted by atomic mass is 79.9. The van der Waals surface area contributed by atoms with Gasteiger partial charge in [-0.2, -0.15) is 0 Å². The third kappa shape index (κ3) is 3.07. The first-order valence-electron chi connectivity index (χ1n) is 5.83. The SMILES string of the molecule is CC1C[C@@H](C(=O)Nc2cccc(Br)c2)N(C)C1. The predicted molar refractivity (Wildman–Crippen MR) is 73.0 cm³/mol. The maximum absolute atomic E-state index is 12.1.